The van der Waals surface area contributed by atoms with E-state index in [1.54, 1.807) is 6.07 Å². The molecule has 20 heavy (non-hydrogen) atoms. The third-order valence-corrected chi connectivity index (χ3v) is 4.24. The summed E-state index contributed by atoms with van der Waals surface area (Å²) in [5.41, 5.74) is 8.55. The molecule has 2 rings (SSSR count). The molecule has 1 saturated carbocycles. The largest absolute Gasteiger partial charge is 0.397 e. The smallest absolute Gasteiger partial charge is 0.251 e. The number of nitrogens with one attached hydrogen (secondary N) is 2. The molecule has 1 atom stereocenters. The van der Waals surface area contributed by atoms with E-state index in [9.17, 15) is 4.79 Å². The molecule has 110 valence electrons. The Bertz CT molecular complexity index is 496. The van der Waals surface area contributed by atoms with E-state index in [1.165, 1.54) is 19.3 Å². The fraction of sp³-hybridized carbons (Fsp3) is 0.562. The second-order valence-corrected chi connectivity index (χ2v) is 6.24. The van der Waals surface area contributed by atoms with Crippen molar-refractivity contribution in [3.63, 3.8) is 0 Å². The first-order valence-corrected chi connectivity index (χ1v) is 7.38. The highest BCUT2D eigenvalue weighted by molar-refractivity contribution is 5.96. The molecule has 0 spiro atoms. The summed E-state index contributed by atoms with van der Waals surface area (Å²) in [6.07, 6.45) is 3.66. The molecule has 0 bridgehead atoms. The molecule has 1 aromatic rings. The van der Waals surface area contributed by atoms with Crippen LogP contribution in [0.15, 0.2) is 18.2 Å². The highest BCUT2D eigenvalue weighted by atomic mass is 16.1. The molecule has 0 radical (unpaired) electrons. The molecule has 0 heterocycles. The first kappa shape index (κ1) is 14.7. The van der Waals surface area contributed by atoms with Gasteiger partial charge in [-0.2, -0.15) is 0 Å². The number of amides is 1. The van der Waals surface area contributed by atoms with Crippen LogP contribution in [0.3, 0.4) is 0 Å². The summed E-state index contributed by atoms with van der Waals surface area (Å²) >= 11 is 0. The summed E-state index contributed by atoms with van der Waals surface area (Å²) < 4.78 is 0. The van der Waals surface area contributed by atoms with Crippen LogP contribution in [0.2, 0.25) is 0 Å². The quantitative estimate of drug-likeness (QED) is 0.740. The number of rotatable bonds is 4. The number of hydrogen-bond donors (Lipinski definition) is 3. The minimum Gasteiger partial charge on any atom is -0.397 e. The van der Waals surface area contributed by atoms with E-state index < -0.39 is 0 Å². The Morgan fingerprint density at radius 3 is 2.75 bits per heavy atom. The van der Waals surface area contributed by atoms with Gasteiger partial charge in [0.15, 0.2) is 0 Å². The Kier molecular flexibility index (Phi) is 4.21. The van der Waals surface area contributed by atoms with Crippen LogP contribution >= 0.6 is 0 Å². The van der Waals surface area contributed by atoms with Crippen molar-refractivity contribution >= 4 is 17.3 Å². The van der Waals surface area contributed by atoms with Crippen molar-refractivity contribution < 1.29 is 4.79 Å². The van der Waals surface area contributed by atoms with E-state index in [1.807, 2.05) is 19.1 Å². The minimum atomic E-state index is -0.0769. The lowest BCUT2D eigenvalue weighted by Gasteiger charge is -2.29. The first-order chi connectivity index (χ1) is 9.44. The number of hydrogen-bond acceptors (Lipinski definition) is 3. The summed E-state index contributed by atoms with van der Waals surface area (Å²) in [5.74, 6) is -0.0769. The first-order valence-electron chi connectivity index (χ1n) is 7.38. The molecular weight excluding hydrogens is 250 g/mol. The van der Waals surface area contributed by atoms with Crippen molar-refractivity contribution in [3.8, 4) is 0 Å². The second-order valence-electron chi connectivity index (χ2n) is 6.24. The van der Waals surface area contributed by atoms with E-state index in [2.05, 4.69) is 24.5 Å². The molecule has 4 N–H and O–H groups in total. The van der Waals surface area contributed by atoms with Crippen LogP contribution < -0.4 is 16.4 Å². The maximum atomic E-state index is 11.8. The predicted octanol–water partition coefficient (Wildman–Crippen LogP) is 3.01. The number of benzene rings is 1. The summed E-state index contributed by atoms with van der Waals surface area (Å²) in [6.45, 7) is 7.10. The molecule has 1 unspecified atom stereocenters. The Hall–Kier alpha value is -1.71. The number of nitrogens with two attached hydrogens (primary N) is 1. The zero-order chi connectivity index (χ0) is 14.8. The van der Waals surface area contributed by atoms with Crippen LogP contribution in [0.1, 0.15) is 50.4 Å². The fourth-order valence-corrected chi connectivity index (χ4v) is 2.88. The van der Waals surface area contributed by atoms with E-state index in [0.29, 0.717) is 29.3 Å². The normalized spacial score (nSPS) is 20.6. The third kappa shape index (κ3) is 3.06. The van der Waals surface area contributed by atoms with Gasteiger partial charge in [0.1, 0.15) is 0 Å². The highest BCUT2D eigenvalue weighted by Gasteiger charge is 2.34. The lowest BCUT2D eigenvalue weighted by Crippen LogP contribution is -2.31. The van der Waals surface area contributed by atoms with Gasteiger partial charge in [0, 0.05) is 18.2 Å². The van der Waals surface area contributed by atoms with Crippen molar-refractivity contribution in [2.75, 3.05) is 17.6 Å². The lowest BCUT2D eigenvalue weighted by atomic mass is 9.87. The van der Waals surface area contributed by atoms with Gasteiger partial charge < -0.3 is 16.4 Å². The number of nitrogen functional groups attached to an aromatic ring is 1. The van der Waals surface area contributed by atoms with Crippen molar-refractivity contribution in [1.29, 1.82) is 0 Å². The molecule has 1 aliphatic carbocycles. The van der Waals surface area contributed by atoms with Crippen molar-refractivity contribution in [2.24, 2.45) is 5.41 Å². The van der Waals surface area contributed by atoms with Gasteiger partial charge in [-0.25, -0.2) is 0 Å². The van der Waals surface area contributed by atoms with Gasteiger partial charge in [0.2, 0.25) is 0 Å². The molecular formula is C16H25N3O. The van der Waals surface area contributed by atoms with Crippen LogP contribution in [0.5, 0.6) is 0 Å². The van der Waals surface area contributed by atoms with Gasteiger partial charge in [0.25, 0.3) is 5.91 Å². The van der Waals surface area contributed by atoms with Crippen LogP contribution in [0.25, 0.3) is 0 Å². The minimum absolute atomic E-state index is 0.0769. The fourth-order valence-electron chi connectivity index (χ4n) is 2.88. The Labute approximate surface area is 121 Å². The molecule has 4 nitrogen and oxygen atoms in total. The summed E-state index contributed by atoms with van der Waals surface area (Å²) in [7, 11) is 0. The van der Waals surface area contributed by atoms with Gasteiger partial charge in [-0.15, -0.1) is 0 Å². The van der Waals surface area contributed by atoms with Gasteiger partial charge in [-0.3, -0.25) is 4.79 Å². The second kappa shape index (κ2) is 5.73. The van der Waals surface area contributed by atoms with Gasteiger partial charge in [-0.05, 0) is 43.4 Å². The van der Waals surface area contributed by atoms with Gasteiger partial charge >= 0.3 is 0 Å². The van der Waals surface area contributed by atoms with E-state index in [0.717, 1.165) is 5.69 Å². The van der Waals surface area contributed by atoms with Crippen molar-refractivity contribution in [1.82, 2.24) is 5.32 Å². The number of carbonyl (C=O) groups excluding carboxylic acids is 1. The lowest BCUT2D eigenvalue weighted by molar-refractivity contribution is 0.0956. The molecule has 1 aliphatic rings. The summed E-state index contributed by atoms with van der Waals surface area (Å²) in [4.78, 5) is 11.8. The molecule has 1 fully saturated rings. The van der Waals surface area contributed by atoms with Gasteiger partial charge in [0.05, 0.1) is 11.4 Å². The summed E-state index contributed by atoms with van der Waals surface area (Å²) in [6, 6.07) is 5.93. The molecule has 0 saturated heterocycles. The monoisotopic (exact) mass is 275 g/mol. The number of anilines is 2. The summed E-state index contributed by atoms with van der Waals surface area (Å²) in [5, 5.41) is 6.32. The van der Waals surface area contributed by atoms with E-state index in [4.69, 9.17) is 5.73 Å². The number of carbonyl (C=O) groups is 1. The average Bonchev–Trinajstić information content (AvgIpc) is 2.71. The van der Waals surface area contributed by atoms with Crippen LogP contribution in [0.4, 0.5) is 11.4 Å². The Morgan fingerprint density at radius 1 is 1.45 bits per heavy atom. The van der Waals surface area contributed by atoms with E-state index >= 15 is 0 Å². The van der Waals surface area contributed by atoms with Crippen molar-refractivity contribution in [3.05, 3.63) is 23.8 Å². The molecule has 1 aromatic carbocycles. The SMILES string of the molecule is CCNC(=O)c1ccc(NC2CCCC2(C)C)c(N)c1. The maximum absolute atomic E-state index is 11.8. The van der Waals surface area contributed by atoms with Crippen LogP contribution in [0, 0.1) is 5.41 Å². The van der Waals surface area contributed by atoms with Gasteiger partial charge in [-0.1, -0.05) is 20.3 Å². The molecule has 1 amide bonds. The Morgan fingerprint density at radius 2 is 2.20 bits per heavy atom. The third-order valence-electron chi connectivity index (χ3n) is 4.24. The highest BCUT2D eigenvalue weighted by Crippen LogP contribution is 2.39. The van der Waals surface area contributed by atoms with Crippen LogP contribution in [-0.4, -0.2) is 18.5 Å². The zero-order valence-corrected chi connectivity index (χ0v) is 12.6. The zero-order valence-electron chi connectivity index (χ0n) is 12.6. The van der Waals surface area contributed by atoms with Crippen molar-refractivity contribution in [2.45, 2.75) is 46.1 Å². The Balaban J connectivity index is 2.12. The molecule has 0 aromatic heterocycles. The molecule has 0 aliphatic heterocycles. The maximum Gasteiger partial charge on any atom is 0.251 e. The topological polar surface area (TPSA) is 67.2 Å². The average molecular weight is 275 g/mol. The standard InChI is InChI=1S/C16H25N3O/c1-4-18-15(20)11-7-8-13(12(17)10-11)19-14-6-5-9-16(14,2)3/h7-8,10,14,19H,4-6,9,17H2,1-3H3,(H,18,20). The molecule has 4 heteroatoms. The van der Waals surface area contributed by atoms with E-state index in [-0.39, 0.29) is 5.91 Å². The predicted molar refractivity (Wildman–Crippen MR) is 83.9 cm³/mol. The van der Waals surface area contributed by atoms with Crippen LogP contribution in [-0.2, 0) is 0 Å².